The molecule has 2 fully saturated rings. The van der Waals surface area contributed by atoms with Crippen molar-refractivity contribution in [3.8, 4) is 0 Å². The third-order valence-electron chi connectivity index (χ3n) is 3.35. The third-order valence-corrected chi connectivity index (χ3v) is 4.24. The fourth-order valence-electron chi connectivity index (χ4n) is 2.36. The van der Waals surface area contributed by atoms with Gasteiger partial charge < -0.3 is 14.9 Å². The molecule has 0 spiro atoms. The van der Waals surface area contributed by atoms with E-state index in [1.165, 1.54) is 11.8 Å². The number of carbonyl (C=O) groups excluding carboxylic acids is 2. The molecular formula is C11H18N2O3S. The minimum atomic E-state index is -0.00819. The normalized spacial score (nSPS) is 24.8. The van der Waals surface area contributed by atoms with E-state index in [2.05, 4.69) is 0 Å². The van der Waals surface area contributed by atoms with Crippen molar-refractivity contribution in [2.45, 2.75) is 25.3 Å². The molecule has 0 aliphatic carbocycles. The van der Waals surface area contributed by atoms with Crippen molar-refractivity contribution in [1.82, 2.24) is 9.80 Å². The van der Waals surface area contributed by atoms with Crippen molar-refractivity contribution >= 4 is 22.9 Å². The van der Waals surface area contributed by atoms with Crippen LogP contribution in [0.4, 0.5) is 4.79 Å². The molecule has 6 heteroatoms. The molecule has 0 bridgehead atoms. The number of carbonyl (C=O) groups is 2. The second kappa shape index (κ2) is 5.73. The van der Waals surface area contributed by atoms with Crippen LogP contribution in [0.2, 0.25) is 0 Å². The van der Waals surface area contributed by atoms with E-state index in [9.17, 15) is 9.59 Å². The van der Waals surface area contributed by atoms with Crippen molar-refractivity contribution in [3.05, 3.63) is 0 Å². The van der Waals surface area contributed by atoms with Gasteiger partial charge in [-0.3, -0.25) is 9.59 Å². The molecule has 0 saturated carbocycles. The van der Waals surface area contributed by atoms with Crippen molar-refractivity contribution in [2.24, 2.45) is 0 Å². The van der Waals surface area contributed by atoms with Crippen LogP contribution < -0.4 is 0 Å². The Morgan fingerprint density at radius 3 is 2.94 bits per heavy atom. The summed E-state index contributed by atoms with van der Waals surface area (Å²) in [5, 5.41) is 9.23. The first-order valence-electron chi connectivity index (χ1n) is 6.04. The van der Waals surface area contributed by atoms with Crippen molar-refractivity contribution in [3.63, 3.8) is 0 Å². The quantitative estimate of drug-likeness (QED) is 0.799. The van der Waals surface area contributed by atoms with Gasteiger partial charge in [-0.25, -0.2) is 0 Å². The summed E-state index contributed by atoms with van der Waals surface area (Å²) in [6, 6.07) is -0.00819. The van der Waals surface area contributed by atoms with E-state index in [1.54, 1.807) is 9.80 Å². The van der Waals surface area contributed by atoms with E-state index in [-0.39, 0.29) is 23.8 Å². The highest BCUT2D eigenvalue weighted by Gasteiger charge is 2.29. The van der Waals surface area contributed by atoms with Crippen LogP contribution >= 0.6 is 11.8 Å². The van der Waals surface area contributed by atoms with Gasteiger partial charge in [-0.1, -0.05) is 11.8 Å². The molecule has 5 nitrogen and oxygen atoms in total. The first-order valence-corrected chi connectivity index (χ1v) is 7.03. The van der Waals surface area contributed by atoms with Gasteiger partial charge in [0.2, 0.25) is 5.91 Å². The number of amides is 2. The Kier molecular flexibility index (Phi) is 4.28. The van der Waals surface area contributed by atoms with Gasteiger partial charge in [-0.2, -0.15) is 0 Å². The monoisotopic (exact) mass is 258 g/mol. The average Bonchev–Trinajstić information content (AvgIpc) is 2.94. The molecular weight excluding hydrogens is 240 g/mol. The molecule has 2 heterocycles. The van der Waals surface area contributed by atoms with Gasteiger partial charge in [0.05, 0.1) is 12.6 Å². The summed E-state index contributed by atoms with van der Waals surface area (Å²) in [5.74, 6) is 0.891. The molecule has 2 saturated heterocycles. The fraction of sp³-hybridized carbons (Fsp3) is 0.818. The van der Waals surface area contributed by atoms with Crippen molar-refractivity contribution in [2.75, 3.05) is 32.0 Å². The molecule has 96 valence electrons. The van der Waals surface area contributed by atoms with Gasteiger partial charge in [0, 0.05) is 31.8 Å². The summed E-state index contributed by atoms with van der Waals surface area (Å²) in [5.41, 5.74) is 0. The van der Waals surface area contributed by atoms with Crippen LogP contribution in [-0.4, -0.2) is 64.1 Å². The molecule has 0 aromatic carbocycles. The lowest BCUT2D eigenvalue weighted by atomic mass is 10.2. The average molecular weight is 258 g/mol. The summed E-state index contributed by atoms with van der Waals surface area (Å²) in [6.07, 6.45) is 2.24. The van der Waals surface area contributed by atoms with Crippen molar-refractivity contribution in [1.29, 1.82) is 0 Å². The molecule has 2 aliphatic rings. The molecule has 2 amide bonds. The third kappa shape index (κ3) is 2.93. The summed E-state index contributed by atoms with van der Waals surface area (Å²) in [7, 11) is 0. The molecule has 0 aromatic rings. The summed E-state index contributed by atoms with van der Waals surface area (Å²) < 4.78 is 0. The van der Waals surface area contributed by atoms with Crippen LogP contribution in [0.15, 0.2) is 0 Å². The van der Waals surface area contributed by atoms with Gasteiger partial charge in [-0.15, -0.1) is 0 Å². The number of hydrogen-bond acceptors (Lipinski definition) is 4. The van der Waals surface area contributed by atoms with E-state index < -0.39 is 0 Å². The number of rotatable bonds is 4. The number of nitrogens with zero attached hydrogens (tertiary/aromatic N) is 2. The highest BCUT2D eigenvalue weighted by atomic mass is 32.2. The van der Waals surface area contributed by atoms with Crippen molar-refractivity contribution < 1.29 is 14.7 Å². The van der Waals surface area contributed by atoms with Crippen LogP contribution in [0.5, 0.6) is 0 Å². The van der Waals surface area contributed by atoms with Crippen LogP contribution in [0.3, 0.4) is 0 Å². The van der Waals surface area contributed by atoms with E-state index in [0.717, 1.165) is 31.7 Å². The predicted octanol–water partition coefficient (Wildman–Crippen LogP) is 0.529. The molecule has 0 radical (unpaired) electrons. The Morgan fingerprint density at radius 1 is 1.47 bits per heavy atom. The Hall–Kier alpha value is -0.750. The SMILES string of the molecule is O=C1SCCN1CCC(=O)N1CCC[C@H]1CO. The molecule has 0 unspecified atom stereocenters. The standard InChI is InChI=1S/C11H18N2O3S/c14-8-9-2-1-4-13(9)10(15)3-5-12-6-7-17-11(12)16/h9,14H,1-8H2/t9-/m0/s1. The zero-order valence-corrected chi connectivity index (χ0v) is 10.6. The van der Waals surface area contributed by atoms with Crippen LogP contribution in [-0.2, 0) is 4.79 Å². The summed E-state index contributed by atoms with van der Waals surface area (Å²) >= 11 is 1.32. The molecule has 2 rings (SSSR count). The van der Waals surface area contributed by atoms with Gasteiger partial charge in [0.1, 0.15) is 0 Å². The topological polar surface area (TPSA) is 60.9 Å². The Labute approximate surface area is 105 Å². The highest BCUT2D eigenvalue weighted by Crippen LogP contribution is 2.20. The fourth-order valence-corrected chi connectivity index (χ4v) is 3.21. The minimum absolute atomic E-state index is 0.00819. The van der Waals surface area contributed by atoms with Crippen LogP contribution in [0, 0.1) is 0 Å². The second-order valence-corrected chi connectivity index (χ2v) is 5.46. The molecule has 17 heavy (non-hydrogen) atoms. The van der Waals surface area contributed by atoms with Gasteiger partial charge >= 0.3 is 0 Å². The lowest BCUT2D eigenvalue weighted by molar-refractivity contribution is -0.132. The van der Waals surface area contributed by atoms with E-state index in [1.807, 2.05) is 0 Å². The van der Waals surface area contributed by atoms with Crippen LogP contribution in [0.1, 0.15) is 19.3 Å². The summed E-state index contributed by atoms with van der Waals surface area (Å²) in [6.45, 7) is 2.05. The maximum atomic E-state index is 11.9. The maximum absolute atomic E-state index is 11.9. The van der Waals surface area contributed by atoms with Gasteiger partial charge in [0.15, 0.2) is 0 Å². The Bertz CT molecular complexity index is 311. The number of hydrogen-bond donors (Lipinski definition) is 1. The van der Waals surface area contributed by atoms with E-state index in [0.29, 0.717) is 13.0 Å². The maximum Gasteiger partial charge on any atom is 0.281 e. The number of likely N-dealkylation sites (tertiary alicyclic amines) is 1. The predicted molar refractivity (Wildman–Crippen MR) is 65.9 cm³/mol. The summed E-state index contributed by atoms with van der Waals surface area (Å²) in [4.78, 5) is 26.8. The Morgan fingerprint density at radius 2 is 2.29 bits per heavy atom. The van der Waals surface area contributed by atoms with Gasteiger partial charge in [-0.05, 0) is 12.8 Å². The lowest BCUT2D eigenvalue weighted by Gasteiger charge is -2.24. The zero-order chi connectivity index (χ0) is 12.3. The number of aliphatic hydroxyl groups excluding tert-OH is 1. The molecule has 2 aliphatic heterocycles. The smallest absolute Gasteiger partial charge is 0.281 e. The highest BCUT2D eigenvalue weighted by molar-refractivity contribution is 8.13. The first kappa shape index (κ1) is 12.7. The van der Waals surface area contributed by atoms with Gasteiger partial charge in [0.25, 0.3) is 5.24 Å². The lowest BCUT2D eigenvalue weighted by Crippen LogP contribution is -2.39. The number of thioether (sulfide) groups is 1. The van der Waals surface area contributed by atoms with Crippen LogP contribution in [0.25, 0.3) is 0 Å². The zero-order valence-electron chi connectivity index (χ0n) is 9.80. The molecule has 1 N–H and O–H groups in total. The van der Waals surface area contributed by atoms with E-state index in [4.69, 9.17) is 5.11 Å². The molecule has 0 aromatic heterocycles. The Balaban J connectivity index is 1.78. The minimum Gasteiger partial charge on any atom is -0.394 e. The molecule has 1 atom stereocenters. The largest absolute Gasteiger partial charge is 0.394 e. The first-order chi connectivity index (χ1) is 8.22. The van der Waals surface area contributed by atoms with E-state index >= 15 is 0 Å². The second-order valence-electron chi connectivity index (χ2n) is 4.42. The number of aliphatic hydroxyl groups is 1.